The molecule has 0 aliphatic heterocycles. The van der Waals surface area contributed by atoms with Crippen LogP contribution in [0.2, 0.25) is 0 Å². The standard InChI is InChI=1S/C6H11N3O2/c1-8-6(7)5(4-11)9-2-3-10/h3-4,9,11H,2H2,1H3,(H2,7,8). The molecule has 0 bridgehead atoms. The van der Waals surface area contributed by atoms with Crippen molar-refractivity contribution in [3.05, 3.63) is 12.0 Å². The first-order chi connectivity index (χ1) is 5.26. The quantitative estimate of drug-likeness (QED) is 0.215. The predicted molar refractivity (Wildman–Crippen MR) is 42.3 cm³/mol. The van der Waals surface area contributed by atoms with E-state index in [-0.39, 0.29) is 18.1 Å². The molecule has 0 saturated heterocycles. The molecule has 11 heavy (non-hydrogen) atoms. The van der Waals surface area contributed by atoms with Crippen molar-refractivity contribution in [1.82, 2.24) is 5.32 Å². The average molecular weight is 157 g/mol. The normalized spacial score (nSPS) is 12.8. The van der Waals surface area contributed by atoms with E-state index in [0.717, 1.165) is 6.26 Å². The van der Waals surface area contributed by atoms with Crippen LogP contribution in [0.15, 0.2) is 17.0 Å². The zero-order valence-corrected chi connectivity index (χ0v) is 6.24. The second kappa shape index (κ2) is 5.28. The van der Waals surface area contributed by atoms with Gasteiger partial charge in [-0.15, -0.1) is 0 Å². The maximum absolute atomic E-state index is 9.88. The van der Waals surface area contributed by atoms with E-state index in [2.05, 4.69) is 10.3 Å². The topological polar surface area (TPSA) is 87.7 Å². The maximum atomic E-state index is 9.88. The van der Waals surface area contributed by atoms with Crippen molar-refractivity contribution in [3.63, 3.8) is 0 Å². The summed E-state index contributed by atoms with van der Waals surface area (Å²) in [7, 11) is 1.49. The molecule has 4 N–H and O–H groups in total. The van der Waals surface area contributed by atoms with Crippen molar-refractivity contribution in [2.75, 3.05) is 13.6 Å². The fourth-order valence-electron chi connectivity index (χ4n) is 0.474. The van der Waals surface area contributed by atoms with Crippen LogP contribution in [-0.4, -0.2) is 30.8 Å². The fraction of sp³-hybridized carbons (Fsp3) is 0.333. The summed E-state index contributed by atoms with van der Waals surface area (Å²) in [6.45, 7) is 0.0998. The van der Waals surface area contributed by atoms with E-state index in [1.54, 1.807) is 0 Å². The SMILES string of the molecule is CN=C(N)C(=CO)NCC=O. The number of rotatable bonds is 4. The molecule has 5 heteroatoms. The number of amidine groups is 1. The highest BCUT2D eigenvalue weighted by atomic mass is 16.2. The average Bonchev–Trinajstić information content (AvgIpc) is 2.05. The third-order valence-corrected chi connectivity index (χ3v) is 1.02. The van der Waals surface area contributed by atoms with Gasteiger partial charge in [0.1, 0.15) is 24.1 Å². The van der Waals surface area contributed by atoms with Gasteiger partial charge in [0.25, 0.3) is 0 Å². The summed E-state index contributed by atoms with van der Waals surface area (Å²) in [5, 5.41) is 11.1. The molecular formula is C6H11N3O2. The molecule has 0 aromatic heterocycles. The Bertz CT molecular complexity index is 186. The van der Waals surface area contributed by atoms with Crippen LogP contribution in [0.25, 0.3) is 0 Å². The van der Waals surface area contributed by atoms with Gasteiger partial charge in [0.05, 0.1) is 6.54 Å². The van der Waals surface area contributed by atoms with Gasteiger partial charge in [0.2, 0.25) is 0 Å². The number of carbonyl (C=O) groups is 1. The molecule has 0 saturated carbocycles. The molecule has 0 aromatic rings. The largest absolute Gasteiger partial charge is 0.513 e. The number of aliphatic hydroxyl groups is 1. The van der Waals surface area contributed by atoms with Gasteiger partial charge in [0, 0.05) is 7.05 Å². The molecule has 5 nitrogen and oxygen atoms in total. The lowest BCUT2D eigenvalue weighted by atomic mass is 10.4. The molecule has 0 radical (unpaired) electrons. The van der Waals surface area contributed by atoms with E-state index in [4.69, 9.17) is 10.8 Å². The van der Waals surface area contributed by atoms with Gasteiger partial charge in [0.15, 0.2) is 0 Å². The van der Waals surface area contributed by atoms with E-state index in [0.29, 0.717) is 6.29 Å². The minimum atomic E-state index is 0.0998. The minimum absolute atomic E-state index is 0.0998. The molecule has 62 valence electrons. The summed E-state index contributed by atoms with van der Waals surface area (Å²) in [4.78, 5) is 13.5. The Kier molecular flexibility index (Phi) is 4.55. The van der Waals surface area contributed by atoms with Crippen LogP contribution in [0.5, 0.6) is 0 Å². The lowest BCUT2D eigenvalue weighted by Gasteiger charge is -2.04. The highest BCUT2D eigenvalue weighted by Crippen LogP contribution is 1.85. The summed E-state index contributed by atoms with van der Waals surface area (Å²) >= 11 is 0. The Balaban J connectivity index is 4.08. The van der Waals surface area contributed by atoms with Crippen molar-refractivity contribution < 1.29 is 9.90 Å². The van der Waals surface area contributed by atoms with Gasteiger partial charge >= 0.3 is 0 Å². The lowest BCUT2D eigenvalue weighted by molar-refractivity contribution is -0.107. The third kappa shape index (κ3) is 3.24. The van der Waals surface area contributed by atoms with Crippen LogP contribution in [0, 0.1) is 0 Å². The first kappa shape index (κ1) is 9.48. The van der Waals surface area contributed by atoms with Crippen LogP contribution < -0.4 is 11.1 Å². The Morgan fingerprint density at radius 2 is 2.45 bits per heavy atom. The van der Waals surface area contributed by atoms with Gasteiger partial charge in [-0.2, -0.15) is 0 Å². The van der Waals surface area contributed by atoms with E-state index in [1.807, 2.05) is 0 Å². The monoisotopic (exact) mass is 157 g/mol. The Labute approximate surface area is 64.6 Å². The summed E-state index contributed by atoms with van der Waals surface area (Å²) in [5.74, 6) is 0.161. The predicted octanol–water partition coefficient (Wildman–Crippen LogP) is -0.839. The third-order valence-electron chi connectivity index (χ3n) is 1.02. The number of nitrogens with one attached hydrogen (secondary N) is 1. The van der Waals surface area contributed by atoms with Gasteiger partial charge in [-0.3, -0.25) is 4.99 Å². The Morgan fingerprint density at radius 1 is 1.82 bits per heavy atom. The van der Waals surface area contributed by atoms with E-state index in [9.17, 15) is 4.79 Å². The van der Waals surface area contributed by atoms with E-state index >= 15 is 0 Å². The maximum Gasteiger partial charge on any atom is 0.145 e. The molecule has 0 unspecified atom stereocenters. The fourth-order valence-corrected chi connectivity index (χ4v) is 0.474. The van der Waals surface area contributed by atoms with Crippen LogP contribution >= 0.6 is 0 Å². The summed E-state index contributed by atoms with van der Waals surface area (Å²) in [6.07, 6.45) is 1.43. The number of carbonyl (C=O) groups excluding carboxylic acids is 1. The number of aliphatic imine (C=N–C) groups is 1. The number of aldehydes is 1. The van der Waals surface area contributed by atoms with Gasteiger partial charge in [-0.05, 0) is 0 Å². The molecule has 0 amide bonds. The van der Waals surface area contributed by atoms with E-state index in [1.165, 1.54) is 7.05 Å². The molecule has 0 aliphatic carbocycles. The van der Waals surface area contributed by atoms with Crippen molar-refractivity contribution >= 4 is 12.1 Å². The number of hydrogen-bond acceptors (Lipinski definition) is 4. The first-order valence-electron chi connectivity index (χ1n) is 3.00. The summed E-state index contributed by atoms with van der Waals surface area (Å²) in [6, 6.07) is 0. The lowest BCUT2D eigenvalue weighted by Crippen LogP contribution is -2.27. The molecule has 0 spiro atoms. The molecule has 0 atom stereocenters. The van der Waals surface area contributed by atoms with Gasteiger partial charge < -0.3 is 21.0 Å². The van der Waals surface area contributed by atoms with Crippen molar-refractivity contribution in [3.8, 4) is 0 Å². The highest BCUT2D eigenvalue weighted by Gasteiger charge is 1.98. The van der Waals surface area contributed by atoms with Crippen molar-refractivity contribution in [1.29, 1.82) is 0 Å². The summed E-state index contributed by atoms with van der Waals surface area (Å²) in [5.41, 5.74) is 5.56. The zero-order chi connectivity index (χ0) is 8.69. The molecule has 0 fully saturated rings. The van der Waals surface area contributed by atoms with Crippen LogP contribution in [0.3, 0.4) is 0 Å². The van der Waals surface area contributed by atoms with Crippen LogP contribution in [-0.2, 0) is 4.79 Å². The highest BCUT2D eigenvalue weighted by molar-refractivity contribution is 5.96. The van der Waals surface area contributed by atoms with Crippen molar-refractivity contribution in [2.45, 2.75) is 0 Å². The molecule has 0 rings (SSSR count). The van der Waals surface area contributed by atoms with Crippen LogP contribution in [0.4, 0.5) is 0 Å². The van der Waals surface area contributed by atoms with Gasteiger partial charge in [-0.25, -0.2) is 0 Å². The molecule has 0 aliphatic rings. The molecule has 0 aromatic carbocycles. The Hall–Kier alpha value is -1.52. The first-order valence-corrected chi connectivity index (χ1v) is 3.00. The number of hydrogen-bond donors (Lipinski definition) is 3. The summed E-state index contributed by atoms with van der Waals surface area (Å²) < 4.78 is 0. The molecular weight excluding hydrogens is 146 g/mol. The minimum Gasteiger partial charge on any atom is -0.513 e. The van der Waals surface area contributed by atoms with Gasteiger partial charge in [-0.1, -0.05) is 0 Å². The zero-order valence-electron chi connectivity index (χ0n) is 6.24. The van der Waals surface area contributed by atoms with Crippen molar-refractivity contribution in [2.24, 2.45) is 10.7 Å². The molecule has 0 heterocycles. The second-order valence-corrected chi connectivity index (χ2v) is 1.70. The van der Waals surface area contributed by atoms with Crippen LogP contribution in [0.1, 0.15) is 0 Å². The number of nitrogens with zero attached hydrogens (tertiary/aromatic N) is 1. The van der Waals surface area contributed by atoms with E-state index < -0.39 is 0 Å². The Morgan fingerprint density at radius 3 is 2.82 bits per heavy atom. The second-order valence-electron chi connectivity index (χ2n) is 1.70. The number of nitrogens with two attached hydrogens (primary N) is 1. The smallest absolute Gasteiger partial charge is 0.145 e. The number of aliphatic hydroxyl groups excluding tert-OH is 1.